The van der Waals surface area contributed by atoms with Gasteiger partial charge in [-0.25, -0.2) is 0 Å². The highest BCUT2D eigenvalue weighted by Crippen LogP contribution is 2.26. The van der Waals surface area contributed by atoms with E-state index in [1.165, 1.54) is 0 Å². The van der Waals surface area contributed by atoms with Gasteiger partial charge in [-0.2, -0.15) is 5.26 Å². The maximum absolute atomic E-state index is 9.19. The van der Waals surface area contributed by atoms with Gasteiger partial charge in [0.15, 0.2) is 0 Å². The lowest BCUT2D eigenvalue weighted by molar-refractivity contribution is 0.239. The molecule has 0 aliphatic carbocycles. The Morgan fingerprint density at radius 3 is 2.86 bits per heavy atom. The predicted molar refractivity (Wildman–Crippen MR) is 56.7 cm³/mol. The van der Waals surface area contributed by atoms with Crippen LogP contribution < -0.4 is 0 Å². The van der Waals surface area contributed by atoms with Crippen LogP contribution >= 0.6 is 15.9 Å². The minimum atomic E-state index is -0.874. The van der Waals surface area contributed by atoms with Crippen LogP contribution in [0.3, 0.4) is 0 Å². The molecule has 1 aromatic rings. The predicted octanol–water partition coefficient (Wildman–Crippen LogP) is 1.93. The number of aliphatic hydroxyl groups excluding tert-OH is 1. The van der Waals surface area contributed by atoms with E-state index in [9.17, 15) is 5.11 Å². The van der Waals surface area contributed by atoms with Gasteiger partial charge in [-0.15, -0.1) is 0 Å². The molecule has 0 aromatic carbocycles. The van der Waals surface area contributed by atoms with Crippen LogP contribution in [0.15, 0.2) is 16.7 Å². The summed E-state index contributed by atoms with van der Waals surface area (Å²) in [5.74, 6) is 0. The maximum atomic E-state index is 9.19. The van der Waals surface area contributed by atoms with Crippen LogP contribution in [0.1, 0.15) is 18.2 Å². The number of aromatic nitrogens is 1. The minimum Gasteiger partial charge on any atom is -0.394 e. The molecule has 1 N–H and O–H groups in total. The number of aliphatic hydroxyl groups is 1. The van der Waals surface area contributed by atoms with Crippen LogP contribution in [0.5, 0.6) is 0 Å². The van der Waals surface area contributed by atoms with Gasteiger partial charge in [-0.3, -0.25) is 4.98 Å². The minimum absolute atomic E-state index is 0.206. The average Bonchev–Trinajstić information content (AvgIpc) is 2.20. The van der Waals surface area contributed by atoms with Crippen molar-refractivity contribution in [2.75, 3.05) is 6.61 Å². The second kappa shape index (κ2) is 4.07. The molecule has 1 rings (SSSR count). The number of nitriles is 1. The maximum Gasteiger partial charge on any atom is 0.104 e. The standard InChI is InChI=1S/C10H11BrN2O/c1-7-9(3-8(11)4-13-7)10(2,5-12)6-14/h3-4,14H,6H2,1-2H3. The first kappa shape index (κ1) is 11.2. The summed E-state index contributed by atoms with van der Waals surface area (Å²) in [6.45, 7) is 3.32. The van der Waals surface area contributed by atoms with E-state index in [2.05, 4.69) is 27.0 Å². The Labute approximate surface area is 91.5 Å². The summed E-state index contributed by atoms with van der Waals surface area (Å²) in [5.41, 5.74) is 0.657. The topological polar surface area (TPSA) is 56.9 Å². The van der Waals surface area contributed by atoms with Crippen molar-refractivity contribution in [2.45, 2.75) is 19.3 Å². The number of hydrogen-bond donors (Lipinski definition) is 1. The number of aryl methyl sites for hydroxylation is 1. The molecule has 14 heavy (non-hydrogen) atoms. The van der Waals surface area contributed by atoms with Gasteiger partial charge in [0.2, 0.25) is 0 Å². The largest absolute Gasteiger partial charge is 0.394 e. The molecule has 1 unspecified atom stereocenters. The monoisotopic (exact) mass is 254 g/mol. The van der Waals surface area contributed by atoms with Crippen LogP contribution in [0.2, 0.25) is 0 Å². The number of nitrogens with zero attached hydrogens (tertiary/aromatic N) is 2. The molecule has 0 spiro atoms. The van der Waals surface area contributed by atoms with Crippen molar-refractivity contribution in [2.24, 2.45) is 0 Å². The van der Waals surface area contributed by atoms with E-state index in [1.54, 1.807) is 13.1 Å². The molecule has 4 heteroatoms. The zero-order valence-electron chi connectivity index (χ0n) is 8.08. The van der Waals surface area contributed by atoms with E-state index >= 15 is 0 Å². The molecule has 0 aliphatic heterocycles. The van der Waals surface area contributed by atoms with Gasteiger partial charge in [0.05, 0.1) is 12.7 Å². The number of halogens is 1. The van der Waals surface area contributed by atoms with Gasteiger partial charge >= 0.3 is 0 Å². The normalized spacial score (nSPS) is 14.5. The van der Waals surface area contributed by atoms with Crippen molar-refractivity contribution in [1.82, 2.24) is 4.98 Å². The zero-order chi connectivity index (χ0) is 10.8. The molecule has 0 amide bonds. The van der Waals surface area contributed by atoms with Crippen LogP contribution in [0, 0.1) is 18.3 Å². The van der Waals surface area contributed by atoms with Crippen LogP contribution in [0.25, 0.3) is 0 Å². The smallest absolute Gasteiger partial charge is 0.104 e. The fourth-order valence-electron chi connectivity index (χ4n) is 1.25. The molecular weight excluding hydrogens is 244 g/mol. The summed E-state index contributed by atoms with van der Waals surface area (Å²) in [5, 5.41) is 18.2. The molecule has 1 aromatic heterocycles. The van der Waals surface area contributed by atoms with Crippen molar-refractivity contribution in [3.8, 4) is 6.07 Å². The number of rotatable bonds is 2. The Kier molecular flexibility index (Phi) is 3.25. The second-order valence-corrected chi connectivity index (χ2v) is 4.30. The first-order valence-electron chi connectivity index (χ1n) is 4.18. The lowest BCUT2D eigenvalue weighted by atomic mass is 9.84. The molecule has 3 nitrogen and oxygen atoms in total. The fourth-order valence-corrected chi connectivity index (χ4v) is 1.58. The summed E-state index contributed by atoms with van der Waals surface area (Å²) in [6, 6.07) is 3.92. The van der Waals surface area contributed by atoms with Gasteiger partial charge in [0.1, 0.15) is 5.41 Å². The van der Waals surface area contributed by atoms with E-state index in [0.29, 0.717) is 0 Å². The molecule has 0 bridgehead atoms. The average molecular weight is 255 g/mol. The molecule has 0 fully saturated rings. The molecule has 0 saturated carbocycles. The molecule has 0 aliphatic rings. The van der Waals surface area contributed by atoms with Gasteiger partial charge in [-0.05, 0) is 41.4 Å². The number of pyridine rings is 1. The van der Waals surface area contributed by atoms with E-state index in [0.717, 1.165) is 15.7 Å². The lowest BCUT2D eigenvalue weighted by Crippen LogP contribution is -2.25. The van der Waals surface area contributed by atoms with Gasteiger partial charge in [0, 0.05) is 16.4 Å². The lowest BCUT2D eigenvalue weighted by Gasteiger charge is -2.20. The Morgan fingerprint density at radius 1 is 1.71 bits per heavy atom. The summed E-state index contributed by atoms with van der Waals surface area (Å²) < 4.78 is 0.813. The third kappa shape index (κ3) is 1.94. The highest BCUT2D eigenvalue weighted by Gasteiger charge is 2.27. The van der Waals surface area contributed by atoms with Crippen molar-refractivity contribution in [1.29, 1.82) is 5.26 Å². The van der Waals surface area contributed by atoms with Crippen molar-refractivity contribution in [3.63, 3.8) is 0 Å². The zero-order valence-corrected chi connectivity index (χ0v) is 9.67. The first-order chi connectivity index (χ1) is 6.53. The van der Waals surface area contributed by atoms with Crippen molar-refractivity contribution in [3.05, 3.63) is 28.0 Å². The van der Waals surface area contributed by atoms with Crippen molar-refractivity contribution >= 4 is 15.9 Å². The Morgan fingerprint density at radius 2 is 2.36 bits per heavy atom. The highest BCUT2D eigenvalue weighted by atomic mass is 79.9. The van der Waals surface area contributed by atoms with E-state index in [1.807, 2.05) is 13.0 Å². The van der Waals surface area contributed by atoms with Crippen LogP contribution in [-0.4, -0.2) is 16.7 Å². The summed E-state index contributed by atoms with van der Waals surface area (Å²) in [7, 11) is 0. The third-order valence-electron chi connectivity index (χ3n) is 2.21. The molecule has 74 valence electrons. The van der Waals surface area contributed by atoms with Crippen LogP contribution in [-0.2, 0) is 5.41 Å². The van der Waals surface area contributed by atoms with Crippen molar-refractivity contribution < 1.29 is 5.11 Å². The second-order valence-electron chi connectivity index (χ2n) is 3.39. The molecule has 0 saturated heterocycles. The van der Waals surface area contributed by atoms with E-state index < -0.39 is 5.41 Å². The molecular formula is C10H11BrN2O. The molecule has 1 atom stereocenters. The summed E-state index contributed by atoms with van der Waals surface area (Å²) >= 11 is 3.29. The molecule has 0 radical (unpaired) electrons. The quantitative estimate of drug-likeness (QED) is 0.878. The summed E-state index contributed by atoms with van der Waals surface area (Å²) in [6.07, 6.45) is 1.67. The summed E-state index contributed by atoms with van der Waals surface area (Å²) in [4.78, 5) is 4.13. The Hall–Kier alpha value is -0.920. The van der Waals surface area contributed by atoms with Gasteiger partial charge in [0.25, 0.3) is 0 Å². The van der Waals surface area contributed by atoms with E-state index in [-0.39, 0.29) is 6.61 Å². The third-order valence-corrected chi connectivity index (χ3v) is 2.64. The van der Waals surface area contributed by atoms with E-state index in [4.69, 9.17) is 5.26 Å². The Bertz CT molecular complexity index is 386. The number of hydrogen-bond acceptors (Lipinski definition) is 3. The Balaban J connectivity index is 3.31. The van der Waals surface area contributed by atoms with Crippen LogP contribution in [0.4, 0.5) is 0 Å². The highest BCUT2D eigenvalue weighted by molar-refractivity contribution is 9.10. The van der Waals surface area contributed by atoms with Gasteiger partial charge < -0.3 is 5.11 Å². The first-order valence-corrected chi connectivity index (χ1v) is 4.97. The van der Waals surface area contributed by atoms with Gasteiger partial charge in [-0.1, -0.05) is 0 Å². The SMILES string of the molecule is Cc1ncc(Br)cc1C(C)(C#N)CO. The molecule has 1 heterocycles. The fraction of sp³-hybridized carbons (Fsp3) is 0.400.